The van der Waals surface area contributed by atoms with E-state index in [9.17, 15) is 0 Å². The highest BCUT2D eigenvalue weighted by molar-refractivity contribution is 5.54. The van der Waals surface area contributed by atoms with Gasteiger partial charge in [0.2, 0.25) is 0 Å². The van der Waals surface area contributed by atoms with Crippen LogP contribution in [0.4, 0.5) is 5.82 Å². The summed E-state index contributed by atoms with van der Waals surface area (Å²) in [6, 6.07) is 0. The van der Waals surface area contributed by atoms with E-state index in [2.05, 4.69) is 78.3 Å². The number of hydrogen-bond acceptors (Lipinski definition) is 4. The first kappa shape index (κ1) is 28.4. The van der Waals surface area contributed by atoms with Gasteiger partial charge in [0.05, 0.1) is 5.69 Å². The molecule has 0 aromatic carbocycles. The molecule has 4 nitrogen and oxygen atoms in total. The van der Waals surface area contributed by atoms with Gasteiger partial charge in [0.1, 0.15) is 11.6 Å². The quantitative estimate of drug-likeness (QED) is 0.329. The Kier molecular flexibility index (Phi) is 6.43. The van der Waals surface area contributed by atoms with Gasteiger partial charge in [0, 0.05) is 37.2 Å². The molecule has 0 spiro atoms. The van der Waals surface area contributed by atoms with Gasteiger partial charge in [0.15, 0.2) is 0 Å². The van der Waals surface area contributed by atoms with Crippen molar-refractivity contribution in [2.24, 2.45) is 51.8 Å². The largest absolute Gasteiger partial charge is 0.354 e. The summed E-state index contributed by atoms with van der Waals surface area (Å²) in [7, 11) is 2.25. The Morgan fingerprint density at radius 3 is 2.32 bits per heavy atom. The average Bonchev–Trinajstić information content (AvgIpc) is 2.91. The molecule has 0 bridgehead atoms. The van der Waals surface area contributed by atoms with Crippen molar-refractivity contribution in [1.29, 1.82) is 0 Å². The lowest BCUT2D eigenvalue weighted by molar-refractivity contribution is -0.153. The van der Waals surface area contributed by atoms with E-state index in [4.69, 9.17) is 9.97 Å². The maximum absolute atomic E-state index is 5.26. The molecule has 7 rings (SSSR count). The highest BCUT2D eigenvalue weighted by Gasteiger charge is 2.67. The van der Waals surface area contributed by atoms with Gasteiger partial charge in [-0.05, 0) is 111 Å². The minimum atomic E-state index is 0.0641. The first-order chi connectivity index (χ1) is 19.3. The molecule has 3 saturated carbocycles. The molecule has 1 saturated heterocycles. The molecule has 0 unspecified atom stereocenters. The SMILES string of the molecule is Cc1nc(N2CCN(C)CC2)c2c(n1)C(C)(C)[C@@H]1CC[C@]3(C)[C@H](CC=C4[C@H]5[C@@H](CC[C@@H](C)[C@@H]5C)CC[C@]43C)[C@@]1(C)C2. The Morgan fingerprint density at radius 1 is 0.854 bits per heavy atom. The van der Waals surface area contributed by atoms with Gasteiger partial charge >= 0.3 is 0 Å². The van der Waals surface area contributed by atoms with Crippen LogP contribution >= 0.6 is 0 Å². The Balaban J connectivity index is 1.32. The molecule has 9 atom stereocenters. The van der Waals surface area contributed by atoms with Crippen LogP contribution in [-0.4, -0.2) is 48.1 Å². The topological polar surface area (TPSA) is 32.3 Å². The van der Waals surface area contributed by atoms with E-state index < -0.39 is 0 Å². The Labute approximate surface area is 251 Å². The highest BCUT2D eigenvalue weighted by Crippen LogP contribution is 2.74. The number of piperazine rings is 1. The van der Waals surface area contributed by atoms with Crippen LogP contribution in [-0.2, 0) is 11.8 Å². The Morgan fingerprint density at radius 2 is 1.59 bits per heavy atom. The summed E-state index contributed by atoms with van der Waals surface area (Å²) in [6.45, 7) is 24.9. The van der Waals surface area contributed by atoms with Crippen molar-refractivity contribution in [3.05, 3.63) is 28.7 Å². The molecule has 0 amide bonds. The monoisotopic (exact) mass is 558 g/mol. The number of hydrogen-bond donors (Lipinski definition) is 0. The summed E-state index contributed by atoms with van der Waals surface area (Å²) in [4.78, 5) is 15.5. The lowest BCUT2D eigenvalue weighted by atomic mass is 9.34. The van der Waals surface area contributed by atoms with E-state index in [1.54, 1.807) is 0 Å². The van der Waals surface area contributed by atoms with E-state index in [1.165, 1.54) is 62.0 Å². The third-order valence-electron chi connectivity index (χ3n) is 15.1. The molecule has 0 N–H and O–H groups in total. The molecule has 5 aliphatic carbocycles. The standard InChI is InChI=1S/C37H58N4/c1-23-10-11-26-14-16-36(7)28(31(26)24(23)2)12-13-30-35(6)22-27-32(34(4,5)29(35)15-17-37(30,36)8)38-25(3)39-33(27)41-20-18-40(9)19-21-41/h12,23-24,26,29-31H,10-11,13-22H2,1-9H3/t23-,24+,26+,29+,30-,31-,35+,36-,37-/m1/s1. The van der Waals surface area contributed by atoms with Crippen LogP contribution in [0.15, 0.2) is 11.6 Å². The van der Waals surface area contributed by atoms with Gasteiger partial charge in [-0.3, -0.25) is 0 Å². The maximum Gasteiger partial charge on any atom is 0.135 e. The fraction of sp³-hybridized carbons (Fsp3) is 0.838. The molecule has 2 heterocycles. The number of aryl methyl sites for hydroxylation is 1. The van der Waals surface area contributed by atoms with Crippen LogP contribution < -0.4 is 4.90 Å². The zero-order valence-electron chi connectivity index (χ0n) is 27.8. The molecule has 0 radical (unpaired) electrons. The molecular weight excluding hydrogens is 500 g/mol. The predicted octanol–water partition coefficient (Wildman–Crippen LogP) is 7.84. The fourth-order valence-electron chi connectivity index (χ4n) is 12.4. The molecule has 1 aliphatic heterocycles. The Hall–Kier alpha value is -1.42. The van der Waals surface area contributed by atoms with Crippen LogP contribution in [0.2, 0.25) is 0 Å². The third kappa shape index (κ3) is 3.80. The van der Waals surface area contributed by atoms with Gasteiger partial charge in [-0.15, -0.1) is 0 Å². The van der Waals surface area contributed by atoms with Crippen molar-refractivity contribution in [2.75, 3.05) is 38.1 Å². The minimum absolute atomic E-state index is 0.0641. The van der Waals surface area contributed by atoms with E-state index in [0.717, 1.165) is 62.1 Å². The van der Waals surface area contributed by atoms with Crippen molar-refractivity contribution in [3.63, 3.8) is 0 Å². The summed E-state index contributed by atoms with van der Waals surface area (Å²) >= 11 is 0. The molecule has 1 aromatic heterocycles. The fourth-order valence-corrected chi connectivity index (χ4v) is 12.4. The van der Waals surface area contributed by atoms with Gasteiger partial charge in [0.25, 0.3) is 0 Å². The number of likely N-dealkylation sites (N-methyl/N-ethyl adjacent to an activating group) is 1. The second-order valence-corrected chi connectivity index (χ2v) is 17.1. The number of nitrogens with zero attached hydrogens (tertiary/aromatic N) is 4. The number of allylic oxidation sites excluding steroid dienone is 2. The van der Waals surface area contributed by atoms with Crippen LogP contribution in [0.3, 0.4) is 0 Å². The van der Waals surface area contributed by atoms with Crippen LogP contribution in [0.1, 0.15) is 110 Å². The number of aromatic nitrogens is 2. The smallest absolute Gasteiger partial charge is 0.135 e. The van der Waals surface area contributed by atoms with Crippen molar-refractivity contribution >= 4 is 5.82 Å². The molecule has 6 aliphatic rings. The zero-order valence-corrected chi connectivity index (χ0v) is 27.8. The van der Waals surface area contributed by atoms with E-state index >= 15 is 0 Å². The number of rotatable bonds is 1. The molecular formula is C37H58N4. The number of fused-ring (bicyclic) bond motifs is 8. The maximum atomic E-state index is 5.26. The Bertz CT molecular complexity index is 1240. The summed E-state index contributed by atoms with van der Waals surface area (Å²) in [5, 5.41) is 0. The minimum Gasteiger partial charge on any atom is -0.354 e. The molecule has 4 heteroatoms. The molecule has 4 fully saturated rings. The summed E-state index contributed by atoms with van der Waals surface area (Å²) in [5.74, 6) is 7.06. The average molecular weight is 559 g/mol. The van der Waals surface area contributed by atoms with Crippen molar-refractivity contribution in [3.8, 4) is 0 Å². The predicted molar refractivity (Wildman–Crippen MR) is 170 cm³/mol. The molecule has 41 heavy (non-hydrogen) atoms. The van der Waals surface area contributed by atoms with Crippen LogP contribution in [0.5, 0.6) is 0 Å². The van der Waals surface area contributed by atoms with Crippen molar-refractivity contribution < 1.29 is 0 Å². The molecule has 1 aromatic rings. The van der Waals surface area contributed by atoms with Crippen molar-refractivity contribution in [1.82, 2.24) is 14.9 Å². The first-order valence-corrected chi connectivity index (χ1v) is 17.3. The lowest BCUT2D eigenvalue weighted by Crippen LogP contribution is -2.64. The van der Waals surface area contributed by atoms with Gasteiger partial charge < -0.3 is 9.80 Å². The van der Waals surface area contributed by atoms with Crippen LogP contribution in [0.25, 0.3) is 0 Å². The third-order valence-corrected chi connectivity index (χ3v) is 15.1. The van der Waals surface area contributed by atoms with Gasteiger partial charge in [-0.2, -0.15) is 0 Å². The van der Waals surface area contributed by atoms with E-state index in [1.807, 2.05) is 5.57 Å². The van der Waals surface area contributed by atoms with E-state index in [0.29, 0.717) is 22.7 Å². The normalized spacial score (nSPS) is 45.5. The van der Waals surface area contributed by atoms with E-state index in [-0.39, 0.29) is 10.8 Å². The van der Waals surface area contributed by atoms with Gasteiger partial charge in [-0.1, -0.05) is 66.5 Å². The molecule has 226 valence electrons. The zero-order chi connectivity index (χ0) is 29.1. The van der Waals surface area contributed by atoms with Crippen LogP contribution in [0, 0.1) is 58.7 Å². The number of anilines is 1. The highest BCUT2D eigenvalue weighted by atomic mass is 15.3. The summed E-state index contributed by atoms with van der Waals surface area (Å²) < 4.78 is 0. The summed E-state index contributed by atoms with van der Waals surface area (Å²) in [6.07, 6.45) is 13.8. The second kappa shape index (κ2) is 9.29. The first-order valence-electron chi connectivity index (χ1n) is 17.3. The second-order valence-electron chi connectivity index (χ2n) is 17.1. The van der Waals surface area contributed by atoms with Crippen molar-refractivity contribution in [2.45, 2.75) is 112 Å². The summed E-state index contributed by atoms with van der Waals surface area (Å²) in [5.41, 5.74) is 5.79. The van der Waals surface area contributed by atoms with Gasteiger partial charge in [-0.25, -0.2) is 9.97 Å². The lowest BCUT2D eigenvalue weighted by Gasteiger charge is -2.70.